The van der Waals surface area contributed by atoms with Crippen molar-refractivity contribution in [3.8, 4) is 5.75 Å². The molecule has 9 heteroatoms. The molecule has 2 aromatic heterocycles. The van der Waals surface area contributed by atoms with Crippen molar-refractivity contribution in [2.75, 3.05) is 14.2 Å². The van der Waals surface area contributed by atoms with E-state index in [9.17, 15) is 9.36 Å². The maximum atomic E-state index is 14.3. The molecule has 2 aromatic carbocycles. The zero-order valence-corrected chi connectivity index (χ0v) is 19.1. The quantitative estimate of drug-likeness (QED) is 0.399. The van der Waals surface area contributed by atoms with Crippen molar-refractivity contribution in [3.63, 3.8) is 0 Å². The van der Waals surface area contributed by atoms with Crippen LogP contribution >= 0.6 is 19.0 Å². The first kappa shape index (κ1) is 22.1. The van der Waals surface area contributed by atoms with Gasteiger partial charge in [-0.25, -0.2) is 0 Å². The average Bonchev–Trinajstić information content (AvgIpc) is 3.22. The maximum absolute atomic E-state index is 14.3. The van der Waals surface area contributed by atoms with Crippen molar-refractivity contribution in [1.82, 2.24) is 15.3 Å². The number of aromatic nitrogens is 2. The van der Waals surface area contributed by atoms with Crippen molar-refractivity contribution in [2.45, 2.75) is 6.54 Å². The molecule has 0 aliphatic carbocycles. The van der Waals surface area contributed by atoms with Crippen LogP contribution in [-0.4, -0.2) is 30.1 Å². The highest BCUT2D eigenvalue weighted by Crippen LogP contribution is 2.47. The van der Waals surface area contributed by atoms with E-state index in [0.29, 0.717) is 27.0 Å². The molecule has 2 heterocycles. The summed E-state index contributed by atoms with van der Waals surface area (Å²) in [5.41, 5.74) is 1.67. The highest BCUT2D eigenvalue weighted by atomic mass is 35.5. The molecule has 1 atom stereocenters. The van der Waals surface area contributed by atoms with Crippen LogP contribution in [0.2, 0.25) is 5.02 Å². The molecule has 4 aromatic rings. The summed E-state index contributed by atoms with van der Waals surface area (Å²) >= 11 is 6.24. The van der Waals surface area contributed by atoms with Crippen LogP contribution in [-0.2, 0) is 15.6 Å². The number of aromatic amines is 1. The van der Waals surface area contributed by atoms with Crippen molar-refractivity contribution in [1.29, 1.82) is 0 Å². The third kappa shape index (κ3) is 4.15. The summed E-state index contributed by atoms with van der Waals surface area (Å²) in [7, 11) is -0.799. The number of amides is 1. The molecule has 0 saturated heterocycles. The number of rotatable bonds is 7. The molecular weight excluding hydrogens is 449 g/mol. The molecule has 0 aliphatic rings. The second-order valence-electron chi connectivity index (χ2n) is 7.01. The van der Waals surface area contributed by atoms with Gasteiger partial charge in [-0.15, -0.1) is 0 Å². The summed E-state index contributed by atoms with van der Waals surface area (Å²) in [5, 5.41) is 4.55. The Labute approximate surface area is 190 Å². The van der Waals surface area contributed by atoms with Crippen molar-refractivity contribution < 1.29 is 18.6 Å². The van der Waals surface area contributed by atoms with Crippen molar-refractivity contribution in [3.05, 3.63) is 83.3 Å². The first-order valence-corrected chi connectivity index (χ1v) is 11.8. The summed E-state index contributed by atoms with van der Waals surface area (Å²) in [5.74, 6) is 0.116. The number of H-pyrrole nitrogens is 1. The van der Waals surface area contributed by atoms with Gasteiger partial charge >= 0.3 is 0 Å². The molecule has 2 N–H and O–H groups in total. The first-order valence-electron chi connectivity index (χ1n) is 9.75. The van der Waals surface area contributed by atoms with Gasteiger partial charge in [0.15, 0.2) is 0 Å². The van der Waals surface area contributed by atoms with E-state index in [1.54, 1.807) is 54.9 Å². The van der Waals surface area contributed by atoms with Crippen LogP contribution in [0, 0.1) is 0 Å². The van der Waals surface area contributed by atoms with Crippen molar-refractivity contribution >= 4 is 46.4 Å². The maximum Gasteiger partial charge on any atom is 0.268 e. The predicted molar refractivity (Wildman–Crippen MR) is 126 cm³/mol. The lowest BCUT2D eigenvalue weighted by Crippen LogP contribution is -2.30. The van der Waals surface area contributed by atoms with E-state index in [1.165, 1.54) is 14.2 Å². The van der Waals surface area contributed by atoms with Gasteiger partial charge in [-0.1, -0.05) is 17.7 Å². The number of benzene rings is 2. The molecule has 1 unspecified atom stereocenters. The Balaban J connectivity index is 1.85. The first-order chi connectivity index (χ1) is 15.5. The molecule has 0 saturated carbocycles. The number of methoxy groups -OCH3 is 1. The molecule has 0 radical (unpaired) electrons. The highest BCUT2D eigenvalue weighted by Gasteiger charge is 2.36. The lowest BCUT2D eigenvalue weighted by atomic mass is 10.2. The lowest BCUT2D eigenvalue weighted by Gasteiger charge is -2.19. The number of hydrogen-bond donors (Lipinski definition) is 2. The van der Waals surface area contributed by atoms with Gasteiger partial charge < -0.3 is 19.6 Å². The Morgan fingerprint density at radius 1 is 1.12 bits per heavy atom. The zero-order chi connectivity index (χ0) is 22.7. The number of nitrogens with one attached hydrogen (secondary N) is 2. The molecule has 0 bridgehead atoms. The van der Waals surface area contributed by atoms with Crippen LogP contribution in [0.3, 0.4) is 0 Å². The van der Waals surface area contributed by atoms with E-state index in [-0.39, 0.29) is 17.5 Å². The van der Waals surface area contributed by atoms with Gasteiger partial charge in [0, 0.05) is 47.3 Å². The van der Waals surface area contributed by atoms with E-state index in [4.69, 9.17) is 20.9 Å². The average molecular weight is 470 g/mol. The summed E-state index contributed by atoms with van der Waals surface area (Å²) < 4.78 is 25.2. The van der Waals surface area contributed by atoms with Gasteiger partial charge in [-0.3, -0.25) is 14.3 Å². The van der Waals surface area contributed by atoms with Crippen molar-refractivity contribution in [2.24, 2.45) is 0 Å². The SMILES string of the molecule is COc1cccc(P(=O)(OC)c2c(C(=O)NCc3ccncc3)[nH]c3ccc(Cl)cc23)c1. The summed E-state index contributed by atoms with van der Waals surface area (Å²) in [4.78, 5) is 20.3. The Bertz CT molecular complexity index is 1320. The summed E-state index contributed by atoms with van der Waals surface area (Å²) in [6.45, 7) is 0.285. The van der Waals surface area contributed by atoms with Crippen LogP contribution < -0.4 is 20.7 Å². The van der Waals surface area contributed by atoms with E-state index in [0.717, 1.165) is 5.56 Å². The lowest BCUT2D eigenvalue weighted by molar-refractivity contribution is 0.0947. The van der Waals surface area contributed by atoms with Gasteiger partial charge in [-0.05, 0) is 54.1 Å². The number of carbonyl (C=O) groups excluding carboxylic acids is 1. The zero-order valence-electron chi connectivity index (χ0n) is 17.5. The number of nitrogens with zero attached hydrogens (tertiary/aromatic N) is 1. The Hall–Kier alpha value is -3.12. The predicted octanol–water partition coefficient (Wildman–Crippen LogP) is 4.03. The van der Waals surface area contributed by atoms with Crippen LogP contribution in [0.15, 0.2) is 67.0 Å². The van der Waals surface area contributed by atoms with Gasteiger partial charge in [0.25, 0.3) is 13.3 Å². The second-order valence-corrected chi connectivity index (χ2v) is 9.88. The van der Waals surface area contributed by atoms with Gasteiger partial charge in [0.1, 0.15) is 11.4 Å². The molecule has 0 fully saturated rings. The van der Waals surface area contributed by atoms with E-state index in [1.807, 2.05) is 12.1 Å². The second kappa shape index (κ2) is 9.17. The van der Waals surface area contributed by atoms with Gasteiger partial charge in [0.2, 0.25) is 0 Å². The van der Waals surface area contributed by atoms with Crippen LogP contribution in [0.1, 0.15) is 16.1 Å². The topological polar surface area (TPSA) is 93.3 Å². The number of ether oxygens (including phenoxy) is 1. The molecule has 1 amide bonds. The van der Waals surface area contributed by atoms with Crippen LogP contribution in [0.5, 0.6) is 5.75 Å². The summed E-state index contributed by atoms with van der Waals surface area (Å²) in [6.07, 6.45) is 3.31. The number of carbonyl (C=O) groups is 1. The minimum atomic E-state index is -3.69. The Morgan fingerprint density at radius 2 is 1.91 bits per heavy atom. The Kier molecular flexibility index (Phi) is 6.33. The van der Waals surface area contributed by atoms with E-state index >= 15 is 0 Å². The number of pyridine rings is 1. The normalized spacial score (nSPS) is 13.0. The smallest absolute Gasteiger partial charge is 0.268 e. The van der Waals surface area contributed by atoms with Gasteiger partial charge in [-0.2, -0.15) is 0 Å². The molecule has 4 rings (SSSR count). The number of fused-ring (bicyclic) bond motifs is 1. The fourth-order valence-electron chi connectivity index (χ4n) is 3.51. The molecule has 0 aliphatic heterocycles. The monoisotopic (exact) mass is 469 g/mol. The minimum Gasteiger partial charge on any atom is -0.497 e. The fraction of sp³-hybridized carbons (Fsp3) is 0.130. The molecule has 32 heavy (non-hydrogen) atoms. The third-order valence-electron chi connectivity index (χ3n) is 5.11. The van der Waals surface area contributed by atoms with Crippen LogP contribution in [0.25, 0.3) is 10.9 Å². The molecule has 7 nitrogen and oxygen atoms in total. The largest absolute Gasteiger partial charge is 0.497 e. The van der Waals surface area contributed by atoms with Gasteiger partial charge in [0.05, 0.1) is 12.4 Å². The van der Waals surface area contributed by atoms with E-state index in [2.05, 4.69) is 15.3 Å². The molecular formula is C23H21ClN3O4P. The number of halogens is 1. The third-order valence-corrected chi connectivity index (χ3v) is 7.87. The minimum absolute atomic E-state index is 0.157. The Morgan fingerprint density at radius 3 is 2.62 bits per heavy atom. The van der Waals surface area contributed by atoms with E-state index < -0.39 is 13.3 Å². The molecule has 164 valence electrons. The molecule has 0 spiro atoms. The fourth-order valence-corrected chi connectivity index (χ4v) is 5.87. The highest BCUT2D eigenvalue weighted by molar-refractivity contribution is 7.75. The van der Waals surface area contributed by atoms with Crippen LogP contribution in [0.4, 0.5) is 0 Å². The summed E-state index contributed by atoms with van der Waals surface area (Å²) in [6, 6.07) is 15.5. The standard InChI is InChI=1S/C23H21ClN3O4P/c1-30-17-4-3-5-18(13-17)32(29,31-2)22-19-12-16(24)6-7-20(19)27-21(22)23(28)26-14-15-8-10-25-11-9-15/h3-13,27H,14H2,1-2H3,(H,26,28). The number of hydrogen-bond acceptors (Lipinski definition) is 5.